The van der Waals surface area contributed by atoms with Crippen molar-refractivity contribution in [3.63, 3.8) is 0 Å². The fourth-order valence-electron chi connectivity index (χ4n) is 2.23. The first-order valence-electron chi connectivity index (χ1n) is 6.37. The van der Waals surface area contributed by atoms with Gasteiger partial charge in [0.25, 0.3) is 0 Å². The van der Waals surface area contributed by atoms with Crippen LogP contribution in [-0.2, 0) is 23.7 Å². The molecule has 0 amide bonds. The van der Waals surface area contributed by atoms with Gasteiger partial charge in [0.05, 0.1) is 19.3 Å². The summed E-state index contributed by atoms with van der Waals surface area (Å²) in [5.74, 6) is -1.27. The molecule has 0 saturated carbocycles. The van der Waals surface area contributed by atoms with Crippen molar-refractivity contribution in [2.45, 2.75) is 45.1 Å². The Morgan fingerprint density at radius 2 is 2.30 bits per heavy atom. The molecule has 0 N–H and O–H groups in total. The summed E-state index contributed by atoms with van der Waals surface area (Å²) in [6.07, 6.45) is -0.310. The first-order valence-corrected chi connectivity index (χ1v) is 6.37. The number of hydrogen-bond acceptors (Lipinski definition) is 6. The van der Waals surface area contributed by atoms with Crippen molar-refractivity contribution in [3.8, 4) is 0 Å². The summed E-state index contributed by atoms with van der Waals surface area (Å²) in [5, 5.41) is 3.47. The Morgan fingerprint density at radius 3 is 2.95 bits per heavy atom. The van der Waals surface area contributed by atoms with E-state index in [1.807, 2.05) is 0 Å². The molecule has 2 saturated heterocycles. The fraction of sp³-hybridized carbons (Fsp3) is 0.750. The standard InChI is InChI=1S/C12H17N3O5/c1-4-17-9(16)5-7-8(6-14-15-13)18-11-10(7)19-12(2,3)20-11/h5,8,10-11H,4,6H2,1-3H3/b7-5+/t8-,10-,11-/m1/s1. The van der Waals surface area contributed by atoms with Gasteiger partial charge in [-0.1, -0.05) is 5.11 Å². The van der Waals surface area contributed by atoms with Crippen molar-refractivity contribution in [2.75, 3.05) is 13.2 Å². The molecule has 8 nitrogen and oxygen atoms in total. The second kappa shape index (κ2) is 5.80. The van der Waals surface area contributed by atoms with E-state index in [1.54, 1.807) is 20.8 Å². The van der Waals surface area contributed by atoms with E-state index in [-0.39, 0.29) is 13.2 Å². The highest BCUT2D eigenvalue weighted by Crippen LogP contribution is 2.40. The molecule has 3 atom stereocenters. The van der Waals surface area contributed by atoms with Crippen LogP contribution in [0.5, 0.6) is 0 Å². The van der Waals surface area contributed by atoms with Gasteiger partial charge in [0, 0.05) is 11.0 Å². The zero-order valence-electron chi connectivity index (χ0n) is 11.6. The van der Waals surface area contributed by atoms with Crippen LogP contribution in [-0.4, -0.2) is 43.4 Å². The zero-order chi connectivity index (χ0) is 14.8. The Kier molecular flexibility index (Phi) is 4.29. The number of hydrogen-bond donors (Lipinski definition) is 0. The van der Waals surface area contributed by atoms with E-state index in [9.17, 15) is 4.79 Å². The maximum absolute atomic E-state index is 11.6. The van der Waals surface area contributed by atoms with Gasteiger partial charge in [0.2, 0.25) is 0 Å². The average molecular weight is 283 g/mol. The van der Waals surface area contributed by atoms with E-state index in [0.29, 0.717) is 5.57 Å². The van der Waals surface area contributed by atoms with Crippen LogP contribution in [0, 0.1) is 0 Å². The molecule has 2 aliphatic rings. The van der Waals surface area contributed by atoms with Crippen LogP contribution in [0.3, 0.4) is 0 Å². The number of carbonyl (C=O) groups is 1. The third-order valence-electron chi connectivity index (χ3n) is 2.94. The smallest absolute Gasteiger partial charge is 0.330 e. The van der Waals surface area contributed by atoms with E-state index in [4.69, 9.17) is 24.5 Å². The Morgan fingerprint density at radius 1 is 1.55 bits per heavy atom. The number of carbonyl (C=O) groups excluding carboxylic acids is 1. The SMILES string of the molecule is CCOC(=O)/C=C1/[C@H]2OC(C)(C)O[C@H]2O[C@@H]1CN=[N+]=[N-]. The Hall–Kier alpha value is -1.60. The number of azide groups is 1. The van der Waals surface area contributed by atoms with Gasteiger partial charge in [-0.2, -0.15) is 0 Å². The van der Waals surface area contributed by atoms with Crippen molar-refractivity contribution in [2.24, 2.45) is 5.11 Å². The first kappa shape index (κ1) is 14.8. The van der Waals surface area contributed by atoms with Crippen LogP contribution in [0.1, 0.15) is 20.8 Å². The summed E-state index contributed by atoms with van der Waals surface area (Å²) >= 11 is 0. The highest BCUT2D eigenvalue weighted by atomic mass is 16.8. The van der Waals surface area contributed by atoms with Crippen molar-refractivity contribution < 1.29 is 23.7 Å². The average Bonchev–Trinajstić information content (AvgIpc) is 2.81. The number of ether oxygens (including phenoxy) is 4. The highest BCUT2D eigenvalue weighted by Gasteiger charge is 2.51. The van der Waals surface area contributed by atoms with Crippen molar-refractivity contribution >= 4 is 5.97 Å². The van der Waals surface area contributed by atoms with Crippen LogP contribution in [0.2, 0.25) is 0 Å². The van der Waals surface area contributed by atoms with Crippen LogP contribution in [0.25, 0.3) is 10.4 Å². The minimum Gasteiger partial charge on any atom is -0.463 e. The minimum atomic E-state index is -0.785. The minimum absolute atomic E-state index is 0.0713. The third kappa shape index (κ3) is 3.10. The van der Waals surface area contributed by atoms with E-state index in [1.165, 1.54) is 6.08 Å². The molecule has 2 aliphatic heterocycles. The van der Waals surface area contributed by atoms with Gasteiger partial charge in [-0.25, -0.2) is 4.79 Å². The van der Waals surface area contributed by atoms with Gasteiger partial charge in [0.1, 0.15) is 6.10 Å². The molecule has 20 heavy (non-hydrogen) atoms. The normalized spacial score (nSPS) is 32.8. The maximum atomic E-state index is 11.6. The lowest BCUT2D eigenvalue weighted by Gasteiger charge is -2.21. The predicted molar refractivity (Wildman–Crippen MR) is 67.4 cm³/mol. The largest absolute Gasteiger partial charge is 0.463 e. The lowest BCUT2D eigenvalue weighted by Crippen LogP contribution is -2.27. The lowest BCUT2D eigenvalue weighted by molar-refractivity contribution is -0.199. The third-order valence-corrected chi connectivity index (χ3v) is 2.94. The molecule has 0 bridgehead atoms. The molecule has 2 rings (SSSR count). The first-order chi connectivity index (χ1) is 9.46. The number of fused-ring (bicyclic) bond motifs is 1. The molecule has 0 aromatic heterocycles. The Bertz CT molecular complexity index is 470. The van der Waals surface area contributed by atoms with Gasteiger partial charge in [-0.15, -0.1) is 0 Å². The van der Waals surface area contributed by atoms with Crippen molar-refractivity contribution in [1.82, 2.24) is 0 Å². The molecule has 8 heteroatoms. The molecule has 0 radical (unpaired) electrons. The molecule has 110 valence electrons. The lowest BCUT2D eigenvalue weighted by atomic mass is 10.1. The van der Waals surface area contributed by atoms with Gasteiger partial charge < -0.3 is 18.9 Å². The van der Waals surface area contributed by atoms with Crippen LogP contribution in [0.4, 0.5) is 0 Å². The zero-order valence-corrected chi connectivity index (χ0v) is 11.6. The van der Waals surface area contributed by atoms with Crippen LogP contribution < -0.4 is 0 Å². The van der Waals surface area contributed by atoms with E-state index in [0.717, 1.165) is 0 Å². The molecular formula is C12H17N3O5. The molecule has 2 fully saturated rings. The Labute approximate surface area is 116 Å². The van der Waals surface area contributed by atoms with Gasteiger partial charge in [-0.3, -0.25) is 0 Å². The molecule has 0 unspecified atom stereocenters. The maximum Gasteiger partial charge on any atom is 0.330 e. The fourth-order valence-corrected chi connectivity index (χ4v) is 2.23. The van der Waals surface area contributed by atoms with Gasteiger partial charge in [0.15, 0.2) is 12.1 Å². The summed E-state index contributed by atoms with van der Waals surface area (Å²) < 4.78 is 21.8. The van der Waals surface area contributed by atoms with E-state index < -0.39 is 30.3 Å². The van der Waals surface area contributed by atoms with Crippen LogP contribution in [0.15, 0.2) is 16.8 Å². The number of nitrogens with zero attached hydrogens (tertiary/aromatic N) is 3. The van der Waals surface area contributed by atoms with E-state index in [2.05, 4.69) is 10.0 Å². The summed E-state index contributed by atoms with van der Waals surface area (Å²) in [4.78, 5) is 14.3. The summed E-state index contributed by atoms with van der Waals surface area (Å²) in [7, 11) is 0. The van der Waals surface area contributed by atoms with E-state index >= 15 is 0 Å². The monoisotopic (exact) mass is 283 g/mol. The number of rotatable bonds is 4. The van der Waals surface area contributed by atoms with Crippen LogP contribution >= 0.6 is 0 Å². The summed E-state index contributed by atoms with van der Waals surface area (Å²) in [5.41, 5.74) is 8.97. The molecule has 0 spiro atoms. The number of esters is 1. The topological polar surface area (TPSA) is 103 Å². The molecular weight excluding hydrogens is 266 g/mol. The second-order valence-electron chi connectivity index (χ2n) is 4.86. The second-order valence-corrected chi connectivity index (χ2v) is 4.86. The molecule has 0 aromatic rings. The Balaban J connectivity index is 2.20. The highest BCUT2D eigenvalue weighted by molar-refractivity contribution is 5.83. The molecule has 2 heterocycles. The summed E-state index contributed by atoms with van der Waals surface area (Å²) in [6, 6.07) is 0. The van der Waals surface area contributed by atoms with Crippen molar-refractivity contribution in [1.29, 1.82) is 0 Å². The quantitative estimate of drug-likeness (QED) is 0.256. The molecule has 0 aromatic carbocycles. The molecule has 0 aliphatic carbocycles. The van der Waals surface area contributed by atoms with Gasteiger partial charge >= 0.3 is 5.97 Å². The predicted octanol–water partition coefficient (Wildman–Crippen LogP) is 1.66. The van der Waals surface area contributed by atoms with Crippen molar-refractivity contribution in [3.05, 3.63) is 22.1 Å². The van der Waals surface area contributed by atoms with Gasteiger partial charge in [-0.05, 0) is 31.9 Å². The summed E-state index contributed by atoms with van der Waals surface area (Å²) in [6.45, 7) is 5.60.